The maximum atomic E-state index is 11.7. The first-order valence-corrected chi connectivity index (χ1v) is 19.5. The van der Waals surface area contributed by atoms with Gasteiger partial charge in [-0.05, 0) is 121 Å². The van der Waals surface area contributed by atoms with Crippen LogP contribution in [0.25, 0.3) is 5.57 Å². The molecule has 8 heteroatoms. The van der Waals surface area contributed by atoms with Gasteiger partial charge in [0, 0.05) is 47.9 Å². The zero-order valence-electron chi connectivity index (χ0n) is 30.4. The van der Waals surface area contributed by atoms with Crippen molar-refractivity contribution in [2.24, 2.45) is 0 Å². The van der Waals surface area contributed by atoms with Crippen molar-refractivity contribution in [2.45, 2.75) is 38.8 Å². The van der Waals surface area contributed by atoms with Crippen molar-refractivity contribution in [3.8, 4) is 5.75 Å². The Bertz CT molecular complexity index is 2220. The summed E-state index contributed by atoms with van der Waals surface area (Å²) in [5.74, 6) is 0.847. The molecule has 1 aliphatic rings. The van der Waals surface area contributed by atoms with Gasteiger partial charge in [-0.15, -0.1) is 0 Å². The maximum absolute atomic E-state index is 11.7. The van der Waals surface area contributed by atoms with Crippen LogP contribution < -0.4 is 15.0 Å². The number of nitrogens with zero attached hydrogens (tertiary/aromatic N) is 2. The summed E-state index contributed by atoms with van der Waals surface area (Å²) in [5.41, 5.74) is 10.6. The molecule has 6 rings (SSSR count). The molecule has 0 atom stereocenters. The van der Waals surface area contributed by atoms with Gasteiger partial charge in [-0.1, -0.05) is 66.7 Å². The SMILES string of the molecule is CCOc1ccc(Nc2ccc(C(=C3C=CC(=[N+](CC)Cc4cccc(S(=O)(=O)O)c4)C=C3)c3ccc(N(CC)Cc4ccccc4)cc3)cc2)cc1. The molecule has 5 aromatic rings. The summed E-state index contributed by atoms with van der Waals surface area (Å²) in [7, 11) is -4.28. The van der Waals surface area contributed by atoms with Gasteiger partial charge in [0.1, 0.15) is 12.3 Å². The molecule has 0 spiro atoms. The van der Waals surface area contributed by atoms with Crippen molar-refractivity contribution in [3.63, 3.8) is 0 Å². The van der Waals surface area contributed by atoms with E-state index >= 15 is 0 Å². The third-order valence-corrected chi connectivity index (χ3v) is 10.1. The average molecular weight is 725 g/mol. The number of hydrogen-bond acceptors (Lipinski definition) is 5. The second-order valence-corrected chi connectivity index (χ2v) is 14.2. The number of ether oxygens (including phenoxy) is 1. The van der Waals surface area contributed by atoms with Gasteiger partial charge in [0.25, 0.3) is 10.1 Å². The first-order chi connectivity index (χ1) is 25.7. The third kappa shape index (κ3) is 9.60. The minimum atomic E-state index is -4.28. The third-order valence-electron chi connectivity index (χ3n) is 9.22. The lowest BCUT2D eigenvalue weighted by atomic mass is 9.90. The summed E-state index contributed by atoms with van der Waals surface area (Å²) in [4.78, 5) is 2.27. The van der Waals surface area contributed by atoms with E-state index in [1.807, 2.05) is 43.3 Å². The fourth-order valence-electron chi connectivity index (χ4n) is 6.47. The second kappa shape index (κ2) is 17.2. The van der Waals surface area contributed by atoms with Gasteiger partial charge < -0.3 is 15.0 Å². The van der Waals surface area contributed by atoms with Crippen LogP contribution in [-0.4, -0.2) is 43.0 Å². The van der Waals surface area contributed by atoms with E-state index in [2.05, 4.69) is 126 Å². The van der Waals surface area contributed by atoms with Gasteiger partial charge in [-0.25, -0.2) is 4.58 Å². The molecule has 5 aromatic carbocycles. The zero-order chi connectivity index (χ0) is 37.2. The number of allylic oxidation sites excluding steroid dienone is 5. The number of rotatable bonds is 14. The van der Waals surface area contributed by atoms with Crippen LogP contribution in [0, 0.1) is 0 Å². The highest BCUT2D eigenvalue weighted by atomic mass is 32.2. The first-order valence-electron chi connectivity index (χ1n) is 18.0. The van der Waals surface area contributed by atoms with Crippen LogP contribution in [-0.2, 0) is 23.2 Å². The van der Waals surface area contributed by atoms with Crippen molar-refractivity contribution in [1.82, 2.24) is 0 Å². The van der Waals surface area contributed by atoms with Crippen LogP contribution in [0.15, 0.2) is 162 Å². The van der Waals surface area contributed by atoms with Crippen molar-refractivity contribution in [1.29, 1.82) is 0 Å². The van der Waals surface area contributed by atoms with Gasteiger partial charge in [-0.3, -0.25) is 4.55 Å². The molecule has 1 aliphatic carbocycles. The first kappa shape index (κ1) is 37.1. The minimum Gasteiger partial charge on any atom is -0.494 e. The van der Waals surface area contributed by atoms with Gasteiger partial charge in [0.2, 0.25) is 0 Å². The highest BCUT2D eigenvalue weighted by molar-refractivity contribution is 7.85. The number of nitrogens with one attached hydrogen (secondary N) is 1. The molecule has 2 N–H and O–H groups in total. The van der Waals surface area contributed by atoms with Crippen LogP contribution in [0.4, 0.5) is 17.1 Å². The van der Waals surface area contributed by atoms with E-state index in [-0.39, 0.29) is 4.90 Å². The van der Waals surface area contributed by atoms with Crippen molar-refractivity contribution >= 4 is 38.5 Å². The van der Waals surface area contributed by atoms with E-state index in [9.17, 15) is 13.0 Å². The van der Waals surface area contributed by atoms with Gasteiger partial charge in [0.05, 0.1) is 11.5 Å². The summed E-state index contributed by atoms with van der Waals surface area (Å²) in [6.07, 6.45) is 8.52. The normalized spacial score (nSPS) is 12.5. The highest BCUT2D eigenvalue weighted by Gasteiger charge is 2.18. The molecular formula is C45H46N3O4S+. The van der Waals surface area contributed by atoms with Gasteiger partial charge >= 0.3 is 0 Å². The number of hydrogen-bond donors (Lipinski definition) is 2. The van der Waals surface area contributed by atoms with Crippen molar-refractivity contribution < 1.29 is 22.3 Å². The van der Waals surface area contributed by atoms with E-state index in [1.165, 1.54) is 23.4 Å². The van der Waals surface area contributed by atoms with E-state index in [4.69, 9.17) is 4.74 Å². The summed E-state index contributed by atoms with van der Waals surface area (Å²) in [6, 6.07) is 42.3. The smallest absolute Gasteiger partial charge is 0.294 e. The molecule has 0 amide bonds. The predicted molar refractivity (Wildman–Crippen MR) is 217 cm³/mol. The number of benzene rings is 5. The van der Waals surface area contributed by atoms with Crippen LogP contribution in [0.1, 0.15) is 43.0 Å². The zero-order valence-corrected chi connectivity index (χ0v) is 31.3. The summed E-state index contributed by atoms with van der Waals surface area (Å²) < 4.78 is 40.8. The van der Waals surface area contributed by atoms with Crippen molar-refractivity contribution in [2.75, 3.05) is 29.9 Å². The Kier molecular flexibility index (Phi) is 12.0. The molecule has 0 saturated carbocycles. The predicted octanol–water partition coefficient (Wildman–Crippen LogP) is 9.70. The molecule has 0 aromatic heterocycles. The van der Waals surface area contributed by atoms with Crippen LogP contribution in [0.3, 0.4) is 0 Å². The van der Waals surface area contributed by atoms with Crippen LogP contribution >= 0.6 is 0 Å². The molecule has 7 nitrogen and oxygen atoms in total. The average Bonchev–Trinajstić information content (AvgIpc) is 3.18. The lowest BCUT2D eigenvalue weighted by Gasteiger charge is -2.24. The minimum absolute atomic E-state index is 0.102. The fraction of sp³-hybridized carbons (Fsp3) is 0.178. The van der Waals surface area contributed by atoms with E-state index in [0.29, 0.717) is 19.7 Å². The van der Waals surface area contributed by atoms with E-state index in [0.717, 1.165) is 63.8 Å². The summed E-state index contributed by atoms with van der Waals surface area (Å²) in [5, 5.41) is 3.50. The fourth-order valence-corrected chi connectivity index (χ4v) is 7.02. The molecular weight excluding hydrogens is 679 g/mol. The molecule has 270 valence electrons. The Morgan fingerprint density at radius 3 is 1.91 bits per heavy atom. The molecule has 0 radical (unpaired) electrons. The highest BCUT2D eigenvalue weighted by Crippen LogP contribution is 2.33. The Balaban J connectivity index is 1.32. The maximum Gasteiger partial charge on any atom is 0.294 e. The Hall–Kier alpha value is -5.70. The van der Waals surface area contributed by atoms with Crippen LogP contribution in [0.2, 0.25) is 0 Å². The molecule has 0 fully saturated rings. The second-order valence-electron chi connectivity index (χ2n) is 12.8. The largest absolute Gasteiger partial charge is 0.494 e. The summed E-state index contributed by atoms with van der Waals surface area (Å²) in [6.45, 7) is 9.81. The molecule has 0 aliphatic heterocycles. The molecule has 0 unspecified atom stereocenters. The van der Waals surface area contributed by atoms with Gasteiger partial charge in [-0.2, -0.15) is 8.42 Å². The van der Waals surface area contributed by atoms with E-state index < -0.39 is 10.1 Å². The lowest BCUT2D eigenvalue weighted by molar-refractivity contribution is -0.539. The Labute approximate surface area is 313 Å². The van der Waals surface area contributed by atoms with Crippen molar-refractivity contribution in [3.05, 3.63) is 180 Å². The quantitative estimate of drug-likeness (QED) is 0.0877. The number of anilines is 3. The Morgan fingerprint density at radius 2 is 1.32 bits per heavy atom. The van der Waals surface area contributed by atoms with Crippen LogP contribution in [0.5, 0.6) is 5.75 Å². The molecule has 0 heterocycles. The molecule has 0 bridgehead atoms. The molecule has 0 saturated heterocycles. The monoisotopic (exact) mass is 724 g/mol. The summed E-state index contributed by atoms with van der Waals surface area (Å²) >= 11 is 0. The van der Waals surface area contributed by atoms with E-state index in [1.54, 1.807) is 6.07 Å². The topological polar surface area (TPSA) is 81.9 Å². The lowest BCUT2D eigenvalue weighted by Crippen LogP contribution is -2.21. The Morgan fingerprint density at radius 1 is 0.717 bits per heavy atom. The van der Waals surface area contributed by atoms with Gasteiger partial charge in [0.15, 0.2) is 12.3 Å². The standard InChI is InChI=1S/C45H45N3O4S/c1-4-47(32-34-11-8-7-9-12-34)41-25-17-37(18-26-41)45(36-15-21-39(22-16-36)46-40-23-29-43(30-24-40)52-6-3)38-19-27-42(28-20-38)48(5-2)33-35-13-10-14-44(31-35)53(49,50)51/h7-31H,4-6,32-33H2,1-3H3,(H,49,50,51)/p+1. The molecule has 53 heavy (non-hydrogen) atoms.